The molecule has 0 saturated carbocycles. The van der Waals surface area contributed by atoms with Crippen LogP contribution in [0, 0.1) is 0 Å². The molecule has 1 aromatic heterocycles. The number of para-hydroxylation sites is 2. The topological polar surface area (TPSA) is 88.4 Å². The Labute approximate surface area is 225 Å². The molecular weight excluding hydrogens is 504 g/mol. The van der Waals surface area contributed by atoms with Gasteiger partial charge in [-0.2, -0.15) is 0 Å². The third-order valence-electron chi connectivity index (χ3n) is 6.16. The lowest BCUT2D eigenvalue weighted by Crippen LogP contribution is -2.40. The van der Waals surface area contributed by atoms with Gasteiger partial charge in [-0.05, 0) is 31.6 Å². The number of unbranched alkanes of at least 4 members (excludes halogenated alkanes) is 1. The fourth-order valence-corrected chi connectivity index (χ4v) is 5.30. The summed E-state index contributed by atoms with van der Waals surface area (Å²) in [7, 11) is 3.10. The average Bonchev–Trinajstić information content (AvgIpc) is 3.23. The molecule has 0 saturated heterocycles. The molecule has 8 nitrogen and oxygen atoms in total. The van der Waals surface area contributed by atoms with E-state index in [0.29, 0.717) is 38.7 Å². The van der Waals surface area contributed by atoms with Crippen LogP contribution >= 0.6 is 11.3 Å². The van der Waals surface area contributed by atoms with Crippen LogP contribution in [0.4, 0.5) is 0 Å². The monoisotopic (exact) mass is 536 g/mol. The Balaban J connectivity index is 1.87. The van der Waals surface area contributed by atoms with Gasteiger partial charge in [0.05, 0.1) is 36.1 Å². The number of allylic oxidation sites excluding steroid dienone is 1. The first kappa shape index (κ1) is 27.3. The van der Waals surface area contributed by atoms with E-state index in [9.17, 15) is 9.59 Å². The Bertz CT molecular complexity index is 1500. The van der Waals surface area contributed by atoms with Crippen LogP contribution in [-0.4, -0.2) is 44.6 Å². The van der Waals surface area contributed by atoms with E-state index >= 15 is 0 Å². The van der Waals surface area contributed by atoms with Crippen molar-refractivity contribution in [2.75, 3.05) is 34.0 Å². The maximum absolute atomic E-state index is 13.9. The van der Waals surface area contributed by atoms with Gasteiger partial charge < -0.3 is 18.9 Å². The first-order valence-electron chi connectivity index (χ1n) is 12.5. The van der Waals surface area contributed by atoms with Crippen LogP contribution in [0.3, 0.4) is 0 Å². The first-order chi connectivity index (χ1) is 18.5. The molecule has 38 heavy (non-hydrogen) atoms. The van der Waals surface area contributed by atoms with Crippen molar-refractivity contribution in [3.63, 3.8) is 0 Å². The highest BCUT2D eigenvalue weighted by molar-refractivity contribution is 7.07. The summed E-state index contributed by atoms with van der Waals surface area (Å²) in [6.45, 7) is 4.81. The second kappa shape index (κ2) is 12.7. The zero-order valence-corrected chi connectivity index (χ0v) is 22.9. The van der Waals surface area contributed by atoms with Gasteiger partial charge >= 0.3 is 5.97 Å². The standard InChI is InChI=1S/C29H32N2O6S/c1-5-6-15-36-22-13-9-7-11-20(22)18-24-27(32)31-26(21-12-8-10-14-23(21)35-4)25(19(2)30-29(31)38-24)28(33)37-17-16-34-3/h7-14,18,26H,5-6,15-17H2,1-4H3. The molecule has 1 atom stereocenters. The highest BCUT2D eigenvalue weighted by Crippen LogP contribution is 2.35. The van der Waals surface area contributed by atoms with Crippen molar-refractivity contribution in [3.05, 3.63) is 90.6 Å². The summed E-state index contributed by atoms with van der Waals surface area (Å²) in [5, 5.41) is 0. The minimum Gasteiger partial charge on any atom is -0.496 e. The van der Waals surface area contributed by atoms with Crippen LogP contribution in [-0.2, 0) is 14.3 Å². The lowest BCUT2D eigenvalue weighted by Gasteiger charge is -2.26. The number of carbonyl (C=O) groups is 1. The number of ether oxygens (including phenoxy) is 4. The van der Waals surface area contributed by atoms with Crippen molar-refractivity contribution in [1.29, 1.82) is 0 Å². The second-order valence-electron chi connectivity index (χ2n) is 8.69. The van der Waals surface area contributed by atoms with Gasteiger partial charge in [-0.1, -0.05) is 61.1 Å². The van der Waals surface area contributed by atoms with Crippen LogP contribution in [0.5, 0.6) is 11.5 Å². The number of fused-ring (bicyclic) bond motifs is 1. The van der Waals surface area contributed by atoms with Gasteiger partial charge in [0.25, 0.3) is 5.56 Å². The van der Waals surface area contributed by atoms with Gasteiger partial charge in [0.2, 0.25) is 0 Å². The van der Waals surface area contributed by atoms with Gasteiger partial charge in [0, 0.05) is 18.2 Å². The molecule has 4 rings (SSSR count). The van der Waals surface area contributed by atoms with Crippen LogP contribution in [0.15, 0.2) is 69.6 Å². The molecule has 2 heterocycles. The van der Waals surface area contributed by atoms with Crippen molar-refractivity contribution in [2.45, 2.75) is 32.7 Å². The molecule has 0 radical (unpaired) electrons. The molecule has 0 amide bonds. The Morgan fingerprint density at radius 1 is 1.05 bits per heavy atom. The van der Waals surface area contributed by atoms with Crippen LogP contribution < -0.4 is 24.4 Å². The Morgan fingerprint density at radius 2 is 1.79 bits per heavy atom. The Hall–Kier alpha value is -3.69. The van der Waals surface area contributed by atoms with Crippen molar-refractivity contribution in [1.82, 2.24) is 4.57 Å². The number of carbonyl (C=O) groups excluding carboxylic acids is 1. The third kappa shape index (κ3) is 5.74. The molecule has 9 heteroatoms. The van der Waals surface area contributed by atoms with E-state index in [1.807, 2.05) is 48.5 Å². The lowest BCUT2D eigenvalue weighted by molar-refractivity contribution is -0.140. The number of hydrogen-bond acceptors (Lipinski definition) is 8. The second-order valence-corrected chi connectivity index (χ2v) is 9.70. The number of aromatic nitrogens is 1. The van der Waals surface area contributed by atoms with E-state index in [-0.39, 0.29) is 24.3 Å². The summed E-state index contributed by atoms with van der Waals surface area (Å²) in [5.41, 5.74) is 1.98. The first-order valence-corrected chi connectivity index (χ1v) is 13.3. The van der Waals surface area contributed by atoms with Crippen molar-refractivity contribution >= 4 is 23.4 Å². The Kier molecular flexibility index (Phi) is 9.15. The van der Waals surface area contributed by atoms with Crippen molar-refractivity contribution in [3.8, 4) is 11.5 Å². The molecule has 1 unspecified atom stereocenters. The van der Waals surface area contributed by atoms with Gasteiger partial charge in [-0.3, -0.25) is 9.36 Å². The van der Waals surface area contributed by atoms with E-state index in [4.69, 9.17) is 18.9 Å². The zero-order chi connectivity index (χ0) is 27.1. The summed E-state index contributed by atoms with van der Waals surface area (Å²) in [5.74, 6) is 0.716. The molecular formula is C29H32N2O6S. The molecule has 0 fully saturated rings. The number of rotatable bonds is 11. The predicted octanol–water partition coefficient (Wildman–Crippen LogP) is 3.61. The number of benzene rings is 2. The summed E-state index contributed by atoms with van der Waals surface area (Å²) < 4.78 is 24.1. The van der Waals surface area contributed by atoms with E-state index in [1.54, 1.807) is 24.7 Å². The molecule has 2 aromatic carbocycles. The van der Waals surface area contributed by atoms with Gasteiger partial charge in [0.15, 0.2) is 4.80 Å². The lowest BCUT2D eigenvalue weighted by atomic mass is 9.95. The normalized spacial score (nSPS) is 15.2. The summed E-state index contributed by atoms with van der Waals surface area (Å²) in [6, 6.07) is 14.2. The largest absolute Gasteiger partial charge is 0.496 e. The summed E-state index contributed by atoms with van der Waals surface area (Å²) in [4.78, 5) is 32.3. The third-order valence-corrected chi connectivity index (χ3v) is 7.14. The Morgan fingerprint density at radius 3 is 2.53 bits per heavy atom. The van der Waals surface area contributed by atoms with Crippen molar-refractivity contribution < 1.29 is 23.7 Å². The molecule has 0 aliphatic carbocycles. The van der Waals surface area contributed by atoms with E-state index in [1.165, 1.54) is 18.4 Å². The van der Waals surface area contributed by atoms with E-state index in [0.717, 1.165) is 18.4 Å². The van der Waals surface area contributed by atoms with E-state index in [2.05, 4.69) is 11.9 Å². The van der Waals surface area contributed by atoms with Gasteiger partial charge in [0.1, 0.15) is 24.1 Å². The number of nitrogens with zero attached hydrogens (tertiary/aromatic N) is 2. The molecule has 1 aliphatic rings. The van der Waals surface area contributed by atoms with Gasteiger partial charge in [-0.15, -0.1) is 0 Å². The highest BCUT2D eigenvalue weighted by Gasteiger charge is 2.35. The fourth-order valence-electron chi connectivity index (χ4n) is 4.26. The molecule has 0 bridgehead atoms. The number of thiazole rings is 1. The van der Waals surface area contributed by atoms with Crippen LogP contribution in [0.2, 0.25) is 0 Å². The minimum atomic E-state index is -0.768. The van der Waals surface area contributed by atoms with Crippen molar-refractivity contribution in [2.24, 2.45) is 4.99 Å². The quantitative estimate of drug-likeness (QED) is 0.275. The van der Waals surface area contributed by atoms with Crippen LogP contribution in [0.25, 0.3) is 6.08 Å². The van der Waals surface area contributed by atoms with Crippen LogP contribution in [0.1, 0.15) is 43.9 Å². The smallest absolute Gasteiger partial charge is 0.338 e. The maximum Gasteiger partial charge on any atom is 0.338 e. The highest BCUT2D eigenvalue weighted by atomic mass is 32.1. The summed E-state index contributed by atoms with van der Waals surface area (Å²) >= 11 is 1.27. The SMILES string of the molecule is CCCCOc1ccccc1C=c1sc2n(c1=O)C(c1ccccc1OC)C(C(=O)OCCOC)=C(C)N=2. The molecule has 1 aliphatic heterocycles. The fraction of sp³-hybridized carbons (Fsp3) is 0.345. The molecule has 0 N–H and O–H groups in total. The molecule has 0 spiro atoms. The minimum absolute atomic E-state index is 0.0873. The molecule has 3 aromatic rings. The number of hydrogen-bond donors (Lipinski definition) is 0. The van der Waals surface area contributed by atoms with Gasteiger partial charge in [-0.25, -0.2) is 9.79 Å². The average molecular weight is 537 g/mol. The number of esters is 1. The maximum atomic E-state index is 13.9. The molecule has 200 valence electrons. The summed E-state index contributed by atoms with van der Waals surface area (Å²) in [6.07, 6.45) is 3.79. The zero-order valence-electron chi connectivity index (χ0n) is 22.1. The number of methoxy groups -OCH3 is 2. The van der Waals surface area contributed by atoms with E-state index < -0.39 is 12.0 Å². The predicted molar refractivity (Wildman–Crippen MR) is 146 cm³/mol.